The number of rotatable bonds is 2. The molecule has 0 radical (unpaired) electrons. The predicted molar refractivity (Wildman–Crippen MR) is 101 cm³/mol. The maximum absolute atomic E-state index is 13.0. The summed E-state index contributed by atoms with van der Waals surface area (Å²) < 4.78 is 0. The molecule has 4 saturated carbocycles. The Labute approximate surface area is 149 Å². The van der Waals surface area contributed by atoms with Crippen LogP contribution in [0, 0.1) is 37.0 Å². The summed E-state index contributed by atoms with van der Waals surface area (Å²) in [5, 5.41) is 6.66. The summed E-state index contributed by atoms with van der Waals surface area (Å²) in [6, 6.07) is 6.09. The largest absolute Gasteiger partial charge is 0.332 e. The molecule has 0 aromatic heterocycles. The van der Waals surface area contributed by atoms with E-state index >= 15 is 0 Å². The number of aryl methyl sites for hydroxylation is 1. The van der Waals surface area contributed by atoms with Crippen LogP contribution in [0.25, 0.3) is 0 Å². The fourth-order valence-corrected chi connectivity index (χ4v) is 5.87. The van der Waals surface area contributed by atoms with Crippen molar-refractivity contribution in [3.63, 3.8) is 0 Å². The summed E-state index contributed by atoms with van der Waals surface area (Å²) in [5.74, 6) is 2.46. The van der Waals surface area contributed by atoms with Gasteiger partial charge in [-0.3, -0.25) is 4.79 Å². The van der Waals surface area contributed by atoms with Gasteiger partial charge in [0.2, 0.25) is 5.91 Å². The molecule has 4 fully saturated rings. The van der Waals surface area contributed by atoms with Gasteiger partial charge in [-0.25, -0.2) is 0 Å². The van der Waals surface area contributed by atoms with Crippen LogP contribution < -0.4 is 10.6 Å². The summed E-state index contributed by atoms with van der Waals surface area (Å²) in [5.41, 5.74) is 3.22. The van der Waals surface area contributed by atoms with Crippen molar-refractivity contribution in [1.29, 1.82) is 0 Å². The van der Waals surface area contributed by atoms with E-state index in [1.165, 1.54) is 30.4 Å². The molecule has 128 valence electrons. The van der Waals surface area contributed by atoms with E-state index in [4.69, 9.17) is 12.2 Å². The van der Waals surface area contributed by atoms with Gasteiger partial charge in [0.25, 0.3) is 0 Å². The van der Waals surface area contributed by atoms with E-state index in [9.17, 15) is 4.79 Å². The SMILES string of the molecule is Cc1cccc(NC(=S)NC(=O)C23CC4CC(CC(C4)C2)C3)c1C. The first-order valence-electron chi connectivity index (χ1n) is 9.14. The van der Waals surface area contributed by atoms with E-state index in [1.807, 2.05) is 12.1 Å². The number of amides is 1. The Morgan fingerprint density at radius 1 is 1.08 bits per heavy atom. The quantitative estimate of drug-likeness (QED) is 0.786. The Hall–Kier alpha value is -1.42. The smallest absolute Gasteiger partial charge is 0.232 e. The summed E-state index contributed by atoms with van der Waals surface area (Å²) in [4.78, 5) is 13.0. The fourth-order valence-electron chi connectivity index (χ4n) is 5.66. The maximum Gasteiger partial charge on any atom is 0.232 e. The van der Waals surface area contributed by atoms with Crippen molar-refractivity contribution in [2.75, 3.05) is 5.32 Å². The van der Waals surface area contributed by atoms with Crippen molar-refractivity contribution >= 4 is 28.9 Å². The summed E-state index contributed by atoms with van der Waals surface area (Å²) in [6.45, 7) is 4.15. The molecule has 0 atom stereocenters. The van der Waals surface area contributed by atoms with Gasteiger partial charge >= 0.3 is 0 Å². The van der Waals surface area contributed by atoms with E-state index in [0.29, 0.717) is 5.11 Å². The normalized spacial score (nSPS) is 33.3. The number of anilines is 1. The molecule has 4 aliphatic rings. The second-order valence-corrected chi connectivity index (χ2v) is 8.76. The van der Waals surface area contributed by atoms with Crippen LogP contribution in [-0.4, -0.2) is 11.0 Å². The van der Waals surface area contributed by atoms with Crippen LogP contribution in [-0.2, 0) is 4.79 Å². The maximum atomic E-state index is 13.0. The van der Waals surface area contributed by atoms with E-state index in [-0.39, 0.29) is 11.3 Å². The number of carbonyl (C=O) groups is 1. The van der Waals surface area contributed by atoms with Crippen LogP contribution in [0.15, 0.2) is 18.2 Å². The van der Waals surface area contributed by atoms with Crippen molar-refractivity contribution in [1.82, 2.24) is 5.32 Å². The molecule has 4 aliphatic carbocycles. The lowest BCUT2D eigenvalue weighted by molar-refractivity contribution is -0.144. The number of nitrogens with one attached hydrogen (secondary N) is 2. The zero-order valence-corrected chi connectivity index (χ0v) is 15.3. The monoisotopic (exact) mass is 342 g/mol. The zero-order valence-electron chi connectivity index (χ0n) is 14.5. The van der Waals surface area contributed by atoms with Gasteiger partial charge in [-0.2, -0.15) is 0 Å². The second-order valence-electron chi connectivity index (χ2n) is 8.35. The average molecular weight is 343 g/mol. The van der Waals surface area contributed by atoms with Gasteiger partial charge in [-0.1, -0.05) is 12.1 Å². The predicted octanol–water partition coefficient (Wildman–Crippen LogP) is 4.33. The minimum absolute atomic E-state index is 0.151. The number of hydrogen-bond acceptors (Lipinski definition) is 2. The van der Waals surface area contributed by atoms with Crippen molar-refractivity contribution in [2.24, 2.45) is 23.2 Å². The molecule has 0 unspecified atom stereocenters. The van der Waals surface area contributed by atoms with Crippen molar-refractivity contribution in [2.45, 2.75) is 52.4 Å². The second kappa shape index (κ2) is 5.83. The third kappa shape index (κ3) is 2.75. The van der Waals surface area contributed by atoms with Crippen LogP contribution >= 0.6 is 12.2 Å². The first-order chi connectivity index (χ1) is 11.4. The van der Waals surface area contributed by atoms with Gasteiger partial charge < -0.3 is 10.6 Å². The molecule has 5 rings (SSSR count). The Bertz CT molecular complexity index is 662. The van der Waals surface area contributed by atoms with Crippen LogP contribution in [0.3, 0.4) is 0 Å². The molecule has 1 aromatic rings. The molecule has 24 heavy (non-hydrogen) atoms. The lowest BCUT2D eigenvalue weighted by atomic mass is 9.49. The molecule has 1 aromatic carbocycles. The van der Waals surface area contributed by atoms with Gasteiger partial charge in [-0.15, -0.1) is 0 Å². The third-order valence-corrected chi connectivity index (χ3v) is 6.80. The molecule has 0 heterocycles. The molecule has 2 N–H and O–H groups in total. The third-order valence-electron chi connectivity index (χ3n) is 6.60. The summed E-state index contributed by atoms with van der Waals surface area (Å²) in [6.07, 6.45) is 7.23. The fraction of sp³-hybridized carbons (Fsp3) is 0.600. The zero-order chi connectivity index (χ0) is 16.9. The van der Waals surface area contributed by atoms with Crippen molar-refractivity contribution < 1.29 is 4.79 Å². The molecular weight excluding hydrogens is 316 g/mol. The van der Waals surface area contributed by atoms with Gasteiger partial charge in [0.15, 0.2) is 5.11 Å². The molecule has 4 bridgehead atoms. The number of thiocarbonyl (C=S) groups is 1. The molecular formula is C20H26N2OS. The molecule has 3 nitrogen and oxygen atoms in total. The molecule has 1 amide bonds. The Morgan fingerprint density at radius 3 is 2.25 bits per heavy atom. The topological polar surface area (TPSA) is 41.1 Å². The van der Waals surface area contributed by atoms with Crippen molar-refractivity contribution in [3.8, 4) is 0 Å². The van der Waals surface area contributed by atoms with E-state index in [2.05, 4.69) is 30.5 Å². The first-order valence-corrected chi connectivity index (χ1v) is 9.55. The number of carbonyl (C=O) groups excluding carboxylic acids is 1. The minimum Gasteiger partial charge on any atom is -0.332 e. The molecule has 0 saturated heterocycles. The highest BCUT2D eigenvalue weighted by atomic mass is 32.1. The van der Waals surface area contributed by atoms with Gasteiger partial charge in [0, 0.05) is 5.69 Å². The number of hydrogen-bond donors (Lipinski definition) is 2. The first kappa shape index (κ1) is 16.1. The van der Waals surface area contributed by atoms with Crippen LogP contribution in [0.5, 0.6) is 0 Å². The lowest BCUT2D eigenvalue weighted by Crippen LogP contribution is -2.55. The minimum atomic E-state index is -0.151. The Kier molecular flexibility index (Phi) is 3.91. The highest BCUT2D eigenvalue weighted by Gasteiger charge is 2.54. The highest BCUT2D eigenvalue weighted by Crippen LogP contribution is 2.60. The number of benzene rings is 1. The van der Waals surface area contributed by atoms with E-state index in [1.54, 1.807) is 0 Å². The van der Waals surface area contributed by atoms with Crippen LogP contribution in [0.2, 0.25) is 0 Å². The van der Waals surface area contributed by atoms with Gasteiger partial charge in [0.05, 0.1) is 5.41 Å². The Morgan fingerprint density at radius 2 is 1.67 bits per heavy atom. The van der Waals surface area contributed by atoms with E-state index in [0.717, 1.165) is 42.7 Å². The van der Waals surface area contributed by atoms with Crippen LogP contribution in [0.4, 0.5) is 5.69 Å². The van der Waals surface area contributed by atoms with Crippen LogP contribution in [0.1, 0.15) is 49.7 Å². The summed E-state index contributed by atoms with van der Waals surface area (Å²) in [7, 11) is 0. The molecule has 0 aliphatic heterocycles. The standard InChI is InChI=1S/C20H26N2OS/c1-12-4-3-5-17(13(12)2)21-19(24)22-18(23)20-9-14-6-15(10-20)8-16(7-14)11-20/h3-5,14-16H,6-11H2,1-2H3,(H2,21,22,23,24). The lowest BCUT2D eigenvalue weighted by Gasteiger charge is -2.55. The van der Waals surface area contributed by atoms with Gasteiger partial charge in [-0.05, 0) is 99.5 Å². The molecule has 4 heteroatoms. The van der Waals surface area contributed by atoms with Gasteiger partial charge in [0.1, 0.15) is 0 Å². The molecule has 0 spiro atoms. The van der Waals surface area contributed by atoms with E-state index < -0.39 is 0 Å². The summed E-state index contributed by atoms with van der Waals surface area (Å²) >= 11 is 5.43. The average Bonchev–Trinajstić information content (AvgIpc) is 2.50. The highest BCUT2D eigenvalue weighted by molar-refractivity contribution is 7.80. The Balaban J connectivity index is 1.44. The van der Waals surface area contributed by atoms with Crippen molar-refractivity contribution in [3.05, 3.63) is 29.3 Å².